The highest BCUT2D eigenvalue weighted by Crippen LogP contribution is 2.58. The predicted molar refractivity (Wildman–Crippen MR) is 140 cm³/mol. The van der Waals surface area contributed by atoms with E-state index >= 15 is 0 Å². The fourth-order valence-corrected chi connectivity index (χ4v) is 8.28. The number of fused-ring (bicyclic) bond motifs is 8. The number of hydrogen-bond acceptors (Lipinski definition) is 9. The topological polar surface area (TPSA) is 120 Å². The van der Waals surface area contributed by atoms with E-state index in [0.717, 1.165) is 70.0 Å². The molecule has 0 spiro atoms. The molecule has 9 nitrogen and oxygen atoms in total. The van der Waals surface area contributed by atoms with Crippen LogP contribution >= 0.6 is 0 Å². The van der Waals surface area contributed by atoms with E-state index in [9.17, 15) is 14.4 Å². The first kappa shape index (κ1) is 27.3. The van der Waals surface area contributed by atoms with E-state index in [1.807, 2.05) is 0 Å². The summed E-state index contributed by atoms with van der Waals surface area (Å²) in [5.41, 5.74) is 0. The summed E-state index contributed by atoms with van der Waals surface area (Å²) < 4.78 is 32.3. The summed E-state index contributed by atoms with van der Waals surface area (Å²) in [5.74, 6) is 2.80. The van der Waals surface area contributed by atoms with Crippen molar-refractivity contribution in [1.82, 2.24) is 0 Å². The molecule has 0 radical (unpaired) electrons. The highest BCUT2D eigenvalue weighted by molar-refractivity contribution is 5.72. The lowest BCUT2D eigenvalue weighted by Gasteiger charge is -2.21. The van der Waals surface area contributed by atoms with Gasteiger partial charge in [0.15, 0.2) is 0 Å². The van der Waals surface area contributed by atoms with Gasteiger partial charge in [-0.1, -0.05) is 0 Å². The summed E-state index contributed by atoms with van der Waals surface area (Å²) in [5, 5.41) is 0. The summed E-state index contributed by atoms with van der Waals surface area (Å²) in [6.07, 6.45) is 16.8. The summed E-state index contributed by atoms with van der Waals surface area (Å²) >= 11 is 0. The molecule has 4 heterocycles. The maximum absolute atomic E-state index is 12.0. The fourth-order valence-electron chi connectivity index (χ4n) is 8.28. The number of epoxide rings is 4. The van der Waals surface area contributed by atoms with Crippen LogP contribution in [0.15, 0.2) is 0 Å². The highest BCUT2D eigenvalue weighted by Gasteiger charge is 2.63. The second-order valence-electron chi connectivity index (χ2n) is 13.7. The van der Waals surface area contributed by atoms with Gasteiger partial charge in [0.25, 0.3) is 0 Å². The Morgan fingerprint density at radius 3 is 2.02 bits per heavy atom. The van der Waals surface area contributed by atoms with Gasteiger partial charge in [0.1, 0.15) is 6.29 Å². The normalized spacial score (nSPS) is 49.1. The molecule has 0 N–H and O–H groups in total. The van der Waals surface area contributed by atoms with Gasteiger partial charge in [-0.25, -0.2) is 0 Å². The largest absolute Gasteiger partial charge is 0.466 e. The predicted octanol–water partition coefficient (Wildman–Crippen LogP) is 3.39. The lowest BCUT2D eigenvalue weighted by molar-refractivity contribution is -0.151. The van der Waals surface area contributed by atoms with E-state index in [0.29, 0.717) is 85.7 Å². The van der Waals surface area contributed by atoms with E-state index in [1.165, 1.54) is 19.8 Å². The first-order valence-electron chi connectivity index (χ1n) is 15.8. The summed E-state index contributed by atoms with van der Waals surface area (Å²) in [4.78, 5) is 32.9. The number of hydrogen-bond donors (Lipinski definition) is 0. The SMILES string of the molecule is CC(=O)OCC1CC2CC1C1OC21.O=C(OCC1CCC2OC2C1)C1CCC2OC2C1.O=CC1CCC2OC2C1. The van der Waals surface area contributed by atoms with E-state index in [-0.39, 0.29) is 17.9 Å². The molecular formula is C31H44O9. The second-order valence-corrected chi connectivity index (χ2v) is 13.7. The Balaban J connectivity index is 0.000000105. The highest BCUT2D eigenvalue weighted by atomic mass is 16.6. The zero-order valence-electron chi connectivity index (χ0n) is 23.5. The monoisotopic (exact) mass is 560 g/mol. The van der Waals surface area contributed by atoms with Crippen molar-refractivity contribution < 1.29 is 42.8 Å². The molecule has 4 saturated heterocycles. The molecule has 14 atom stereocenters. The molecule has 0 amide bonds. The van der Waals surface area contributed by atoms with Crippen molar-refractivity contribution in [3.63, 3.8) is 0 Å². The van der Waals surface area contributed by atoms with Gasteiger partial charge in [-0.2, -0.15) is 0 Å². The molecule has 222 valence electrons. The zero-order valence-corrected chi connectivity index (χ0v) is 23.5. The van der Waals surface area contributed by atoms with Gasteiger partial charge in [-0.05, 0) is 94.3 Å². The van der Waals surface area contributed by atoms with Gasteiger partial charge in [0.05, 0.1) is 68.0 Å². The van der Waals surface area contributed by atoms with Gasteiger partial charge < -0.3 is 33.2 Å². The van der Waals surface area contributed by atoms with Crippen LogP contribution in [0.25, 0.3) is 0 Å². The molecule has 9 aliphatic rings. The van der Waals surface area contributed by atoms with Crippen LogP contribution < -0.4 is 0 Å². The number of ether oxygens (including phenoxy) is 6. The first-order valence-corrected chi connectivity index (χ1v) is 15.8. The van der Waals surface area contributed by atoms with Gasteiger partial charge in [-0.15, -0.1) is 0 Å². The van der Waals surface area contributed by atoms with Crippen molar-refractivity contribution in [2.45, 2.75) is 126 Å². The maximum atomic E-state index is 12.0. The Morgan fingerprint density at radius 2 is 1.40 bits per heavy atom. The molecule has 40 heavy (non-hydrogen) atoms. The Labute approximate surface area is 236 Å². The zero-order chi connectivity index (χ0) is 27.4. The smallest absolute Gasteiger partial charge is 0.309 e. The molecule has 2 bridgehead atoms. The summed E-state index contributed by atoms with van der Waals surface area (Å²) in [6.45, 7) is 2.68. The third-order valence-electron chi connectivity index (χ3n) is 10.9. The molecule has 9 fully saturated rings. The van der Waals surface area contributed by atoms with E-state index in [2.05, 4.69) is 0 Å². The maximum Gasteiger partial charge on any atom is 0.309 e. The minimum absolute atomic E-state index is 0.00258. The van der Waals surface area contributed by atoms with Crippen LogP contribution in [0, 0.1) is 35.5 Å². The van der Waals surface area contributed by atoms with Crippen molar-refractivity contribution in [1.29, 1.82) is 0 Å². The Kier molecular flexibility index (Phi) is 7.69. The van der Waals surface area contributed by atoms with Crippen LogP contribution in [-0.4, -0.2) is 80.3 Å². The fraction of sp³-hybridized carbons (Fsp3) is 0.903. The van der Waals surface area contributed by atoms with Crippen molar-refractivity contribution in [3.8, 4) is 0 Å². The van der Waals surface area contributed by atoms with Crippen LogP contribution in [0.2, 0.25) is 0 Å². The standard InChI is InChI=1S/C14H20O4.C10H14O3.C7H10O2/c15-14(9-2-4-11-13(6-9)18-11)16-7-8-1-3-10-12(5-8)17-10;1-5(11)12-4-7-2-6-3-8(7)10-9(6)13-10;8-4-5-1-2-6-7(3-5)9-6/h8-13H,1-7H2;6-10H,2-4H2,1H3;4-7H,1-3H2. The van der Waals surface area contributed by atoms with Crippen molar-refractivity contribution in [2.75, 3.05) is 13.2 Å². The van der Waals surface area contributed by atoms with Crippen molar-refractivity contribution in [2.24, 2.45) is 35.5 Å². The minimum Gasteiger partial charge on any atom is -0.466 e. The van der Waals surface area contributed by atoms with Crippen LogP contribution in [-0.2, 0) is 42.8 Å². The third-order valence-corrected chi connectivity index (χ3v) is 10.9. The van der Waals surface area contributed by atoms with E-state index < -0.39 is 0 Å². The molecule has 0 aromatic carbocycles. The van der Waals surface area contributed by atoms with Crippen LogP contribution in [0.5, 0.6) is 0 Å². The first-order chi connectivity index (χ1) is 19.4. The van der Waals surface area contributed by atoms with Gasteiger partial charge >= 0.3 is 11.9 Å². The Morgan fingerprint density at radius 1 is 0.700 bits per heavy atom. The van der Waals surface area contributed by atoms with Crippen molar-refractivity contribution >= 4 is 18.2 Å². The number of carbonyl (C=O) groups excluding carboxylic acids is 3. The van der Waals surface area contributed by atoms with Gasteiger partial charge in [-0.3, -0.25) is 9.59 Å². The number of rotatable bonds is 6. The lowest BCUT2D eigenvalue weighted by atomic mass is 9.89. The van der Waals surface area contributed by atoms with E-state index in [4.69, 9.17) is 28.4 Å². The van der Waals surface area contributed by atoms with Gasteiger partial charge in [0.2, 0.25) is 0 Å². The molecule has 14 unspecified atom stereocenters. The molecule has 0 aromatic rings. The Hall–Kier alpha value is -1.55. The average molecular weight is 561 g/mol. The molecule has 0 aromatic heterocycles. The molecule has 4 aliphatic heterocycles. The van der Waals surface area contributed by atoms with E-state index in [1.54, 1.807) is 0 Å². The third kappa shape index (κ3) is 6.27. The lowest BCUT2D eigenvalue weighted by Crippen LogP contribution is -2.27. The van der Waals surface area contributed by atoms with Crippen LogP contribution in [0.4, 0.5) is 0 Å². The summed E-state index contributed by atoms with van der Waals surface area (Å²) in [7, 11) is 0. The molecule has 5 aliphatic carbocycles. The summed E-state index contributed by atoms with van der Waals surface area (Å²) in [6, 6.07) is 0. The quantitative estimate of drug-likeness (QED) is 0.273. The second kappa shape index (κ2) is 11.3. The van der Waals surface area contributed by atoms with Crippen LogP contribution in [0.1, 0.15) is 77.6 Å². The number of aldehydes is 1. The molecule has 5 saturated carbocycles. The van der Waals surface area contributed by atoms with Crippen molar-refractivity contribution in [3.05, 3.63) is 0 Å². The number of carbonyl (C=O) groups is 3. The van der Waals surface area contributed by atoms with Crippen LogP contribution in [0.3, 0.4) is 0 Å². The molecule has 9 heteroatoms. The average Bonchev–Trinajstić information content (AvgIpc) is 3.81. The Bertz CT molecular complexity index is 970. The molecule has 9 rings (SSSR count). The number of esters is 2. The molecular weight excluding hydrogens is 516 g/mol. The minimum atomic E-state index is -0.156. The van der Waals surface area contributed by atoms with Gasteiger partial charge in [0, 0.05) is 12.8 Å².